The molecule has 1 amide bonds. The molecule has 30 heavy (non-hydrogen) atoms. The minimum absolute atomic E-state index is 0.193. The van der Waals surface area contributed by atoms with Crippen molar-refractivity contribution in [1.29, 1.82) is 0 Å². The summed E-state index contributed by atoms with van der Waals surface area (Å²) < 4.78 is 5.56. The second-order valence-corrected chi connectivity index (χ2v) is 10.3. The predicted octanol–water partition coefficient (Wildman–Crippen LogP) is 3.02. The maximum absolute atomic E-state index is 12.4. The Hall–Kier alpha value is -1.50. The third-order valence-corrected chi connectivity index (χ3v) is 6.57. The number of hydrogen-bond donors (Lipinski definition) is 1. The van der Waals surface area contributed by atoms with E-state index < -0.39 is 5.60 Å². The lowest BCUT2D eigenvalue weighted by atomic mass is 9.96. The molecule has 0 aromatic carbocycles. The standard InChI is InChI=1S/C23H43N5O2/c1-6-26(22(29)30-23(2,3)4)16-18-9-12-27(13-10-18)21(24-5)25-15-19-11-14-28(17-19)20-7-8-20/h18-20H,6-17H2,1-5H3,(H,24,25). The maximum Gasteiger partial charge on any atom is 0.410 e. The van der Waals surface area contributed by atoms with Crippen LogP contribution in [0.2, 0.25) is 0 Å². The molecule has 1 N–H and O–H groups in total. The van der Waals surface area contributed by atoms with E-state index in [1.54, 1.807) is 0 Å². The summed E-state index contributed by atoms with van der Waals surface area (Å²) >= 11 is 0. The number of nitrogens with one attached hydrogen (secondary N) is 1. The molecular weight excluding hydrogens is 378 g/mol. The molecule has 2 saturated heterocycles. The van der Waals surface area contributed by atoms with Crippen molar-refractivity contribution in [2.75, 3.05) is 52.9 Å². The molecule has 3 fully saturated rings. The molecule has 1 aliphatic carbocycles. The van der Waals surface area contributed by atoms with Gasteiger partial charge in [-0.3, -0.25) is 4.99 Å². The van der Waals surface area contributed by atoms with Crippen molar-refractivity contribution in [3.8, 4) is 0 Å². The van der Waals surface area contributed by atoms with Crippen LogP contribution in [0.25, 0.3) is 0 Å². The fraction of sp³-hybridized carbons (Fsp3) is 0.913. The first-order chi connectivity index (χ1) is 14.3. The van der Waals surface area contributed by atoms with Crippen molar-refractivity contribution >= 4 is 12.1 Å². The van der Waals surface area contributed by atoms with E-state index in [1.165, 1.54) is 32.4 Å². The van der Waals surface area contributed by atoms with Crippen LogP contribution >= 0.6 is 0 Å². The molecule has 2 aliphatic heterocycles. The van der Waals surface area contributed by atoms with E-state index in [1.807, 2.05) is 39.6 Å². The number of likely N-dealkylation sites (tertiary alicyclic amines) is 2. The van der Waals surface area contributed by atoms with Crippen LogP contribution < -0.4 is 5.32 Å². The van der Waals surface area contributed by atoms with Crippen LogP contribution in [0.3, 0.4) is 0 Å². The monoisotopic (exact) mass is 421 g/mol. The number of ether oxygens (including phenoxy) is 1. The third-order valence-electron chi connectivity index (χ3n) is 6.57. The van der Waals surface area contributed by atoms with Gasteiger partial charge in [0.05, 0.1) is 0 Å². The summed E-state index contributed by atoms with van der Waals surface area (Å²) in [5, 5.41) is 3.64. The lowest BCUT2D eigenvalue weighted by Crippen LogP contribution is -2.48. The topological polar surface area (TPSA) is 60.4 Å². The zero-order valence-corrected chi connectivity index (χ0v) is 19.8. The summed E-state index contributed by atoms with van der Waals surface area (Å²) in [6.45, 7) is 14.8. The molecule has 172 valence electrons. The van der Waals surface area contributed by atoms with Gasteiger partial charge in [0.1, 0.15) is 5.60 Å². The van der Waals surface area contributed by atoms with Gasteiger partial charge in [-0.1, -0.05) is 0 Å². The van der Waals surface area contributed by atoms with Crippen molar-refractivity contribution in [2.24, 2.45) is 16.8 Å². The van der Waals surface area contributed by atoms with Crippen molar-refractivity contribution in [2.45, 2.75) is 71.4 Å². The average molecular weight is 422 g/mol. The van der Waals surface area contributed by atoms with E-state index in [2.05, 4.69) is 20.1 Å². The van der Waals surface area contributed by atoms with Gasteiger partial charge < -0.3 is 24.8 Å². The van der Waals surface area contributed by atoms with Crippen LogP contribution in [0.1, 0.15) is 59.8 Å². The molecule has 0 spiro atoms. The Morgan fingerprint density at radius 3 is 2.33 bits per heavy atom. The normalized spacial score (nSPS) is 24.2. The van der Waals surface area contributed by atoms with Gasteiger partial charge in [-0.15, -0.1) is 0 Å². The number of amides is 1. The van der Waals surface area contributed by atoms with E-state index in [4.69, 9.17) is 4.74 Å². The Bertz CT molecular complexity index is 591. The molecule has 3 rings (SSSR count). The smallest absolute Gasteiger partial charge is 0.410 e. The lowest BCUT2D eigenvalue weighted by molar-refractivity contribution is 0.0214. The van der Waals surface area contributed by atoms with Gasteiger partial charge >= 0.3 is 6.09 Å². The number of nitrogens with zero attached hydrogens (tertiary/aromatic N) is 4. The average Bonchev–Trinajstić information content (AvgIpc) is 3.44. The second-order valence-electron chi connectivity index (χ2n) is 10.3. The maximum atomic E-state index is 12.4. The van der Waals surface area contributed by atoms with Crippen LogP contribution in [0.15, 0.2) is 4.99 Å². The number of aliphatic imine (C=N–C) groups is 1. The highest BCUT2D eigenvalue weighted by Gasteiger charge is 2.34. The van der Waals surface area contributed by atoms with E-state index in [-0.39, 0.29) is 6.09 Å². The zero-order valence-electron chi connectivity index (χ0n) is 19.8. The summed E-state index contributed by atoms with van der Waals surface area (Å²) in [6, 6.07) is 0.886. The van der Waals surface area contributed by atoms with E-state index in [0.717, 1.165) is 56.9 Å². The first-order valence-corrected chi connectivity index (χ1v) is 12.0. The molecule has 1 saturated carbocycles. The highest BCUT2D eigenvalue weighted by molar-refractivity contribution is 5.80. The molecule has 0 aromatic heterocycles. The number of piperidine rings is 1. The fourth-order valence-corrected chi connectivity index (χ4v) is 4.67. The Labute approximate surface area is 183 Å². The lowest BCUT2D eigenvalue weighted by Gasteiger charge is -2.36. The number of carbonyl (C=O) groups excluding carboxylic acids is 1. The number of hydrogen-bond acceptors (Lipinski definition) is 4. The van der Waals surface area contributed by atoms with E-state index in [9.17, 15) is 4.79 Å². The third kappa shape index (κ3) is 6.76. The largest absolute Gasteiger partial charge is 0.444 e. The molecule has 1 atom stereocenters. The van der Waals surface area contributed by atoms with Crippen molar-refractivity contribution in [1.82, 2.24) is 20.0 Å². The van der Waals surface area contributed by atoms with Gasteiger partial charge in [0, 0.05) is 52.4 Å². The summed E-state index contributed by atoms with van der Waals surface area (Å²) in [6.07, 6.45) is 6.08. The fourth-order valence-electron chi connectivity index (χ4n) is 4.67. The SMILES string of the molecule is CCN(CC1CCN(C(=NC)NCC2CCN(C3CC3)C2)CC1)C(=O)OC(C)(C)C. The van der Waals surface area contributed by atoms with Crippen molar-refractivity contribution in [3.05, 3.63) is 0 Å². The first kappa shape index (κ1) is 23.2. The second kappa shape index (κ2) is 10.2. The van der Waals surface area contributed by atoms with Crippen LogP contribution in [0.4, 0.5) is 4.79 Å². The molecular formula is C23H43N5O2. The number of rotatable bonds is 6. The highest BCUT2D eigenvalue weighted by atomic mass is 16.6. The van der Waals surface area contributed by atoms with Gasteiger partial charge in [-0.25, -0.2) is 4.79 Å². The minimum atomic E-state index is -0.443. The molecule has 3 aliphatic rings. The van der Waals surface area contributed by atoms with Crippen molar-refractivity contribution in [3.63, 3.8) is 0 Å². The van der Waals surface area contributed by atoms with E-state index in [0.29, 0.717) is 12.5 Å². The van der Waals surface area contributed by atoms with Crippen LogP contribution in [-0.2, 0) is 4.74 Å². The summed E-state index contributed by atoms with van der Waals surface area (Å²) in [5.41, 5.74) is -0.443. The Morgan fingerprint density at radius 1 is 1.10 bits per heavy atom. The van der Waals surface area contributed by atoms with Gasteiger partial charge in [-0.2, -0.15) is 0 Å². The Morgan fingerprint density at radius 2 is 1.77 bits per heavy atom. The van der Waals surface area contributed by atoms with Crippen LogP contribution in [0, 0.1) is 11.8 Å². The van der Waals surface area contributed by atoms with Gasteiger partial charge in [-0.05, 0) is 78.2 Å². The number of guanidine groups is 1. The quantitative estimate of drug-likeness (QED) is 0.528. The molecule has 0 radical (unpaired) electrons. The Kier molecular flexibility index (Phi) is 7.88. The molecule has 0 bridgehead atoms. The molecule has 1 unspecified atom stereocenters. The van der Waals surface area contributed by atoms with Gasteiger partial charge in [0.15, 0.2) is 5.96 Å². The minimum Gasteiger partial charge on any atom is -0.444 e. The zero-order chi connectivity index (χ0) is 21.7. The number of carbonyl (C=O) groups is 1. The predicted molar refractivity (Wildman–Crippen MR) is 122 cm³/mol. The molecule has 2 heterocycles. The summed E-state index contributed by atoms with van der Waals surface area (Å²) in [5.74, 6) is 2.30. The van der Waals surface area contributed by atoms with Crippen LogP contribution in [0.5, 0.6) is 0 Å². The van der Waals surface area contributed by atoms with Gasteiger partial charge in [0.25, 0.3) is 0 Å². The first-order valence-electron chi connectivity index (χ1n) is 12.0. The highest BCUT2D eigenvalue weighted by Crippen LogP contribution is 2.31. The van der Waals surface area contributed by atoms with Crippen molar-refractivity contribution < 1.29 is 9.53 Å². The molecule has 7 nitrogen and oxygen atoms in total. The summed E-state index contributed by atoms with van der Waals surface area (Å²) in [7, 11) is 1.89. The molecule has 7 heteroatoms. The Balaban J connectivity index is 1.39. The van der Waals surface area contributed by atoms with Crippen LogP contribution in [-0.4, -0.2) is 91.3 Å². The van der Waals surface area contributed by atoms with Gasteiger partial charge in [0.2, 0.25) is 0 Å². The summed E-state index contributed by atoms with van der Waals surface area (Å²) in [4.78, 5) is 23.9. The molecule has 0 aromatic rings. The van der Waals surface area contributed by atoms with E-state index >= 15 is 0 Å².